The Morgan fingerprint density at radius 2 is 1.84 bits per heavy atom. The quantitative estimate of drug-likeness (QED) is 0.317. The number of aliphatic hydroxyl groups excluding tert-OH is 1. The van der Waals surface area contributed by atoms with E-state index in [1.165, 1.54) is 0 Å². The van der Waals surface area contributed by atoms with Crippen LogP contribution in [0.2, 0.25) is 0 Å². The molecule has 5 N–H and O–H groups in total. The first-order valence-corrected chi connectivity index (χ1v) is 13.8. The minimum atomic E-state index is -1.38. The van der Waals surface area contributed by atoms with E-state index < -0.39 is 17.6 Å². The highest BCUT2D eigenvalue weighted by atomic mass is 32.2. The summed E-state index contributed by atoms with van der Waals surface area (Å²) in [6, 6.07) is 21.2. The number of hydrogen-bond acceptors (Lipinski definition) is 6. The normalized spacial score (nSPS) is 15.8. The van der Waals surface area contributed by atoms with Crippen LogP contribution in [0.5, 0.6) is 0 Å². The molecule has 3 aromatic carbocycles. The molecule has 0 aliphatic carbocycles. The number of nitrogens with two attached hydrogens (primary N) is 1. The van der Waals surface area contributed by atoms with Crippen LogP contribution in [0.15, 0.2) is 71.6 Å². The molecule has 0 radical (unpaired) electrons. The molecule has 1 heterocycles. The van der Waals surface area contributed by atoms with E-state index in [4.69, 9.17) is 5.73 Å². The molecule has 4 rings (SSSR count). The standard InChI is InChI=1S/C29H34N4O4S/c1-29(28(37)31-19-23(34)18-30,22-13-12-20-7-2-3-8-21(20)17-22)32-26(35)11-6-15-33-24-9-4-5-10-25(24)38-16-14-27(33)36/h2-5,7-10,12-13,17,23,34H,6,11,14-16,18-19,30H2,1H3,(H,31,37)(H,32,35)/t23?,29-/m1/s1. The maximum atomic E-state index is 13.4. The van der Waals surface area contributed by atoms with Crippen LogP contribution in [0, 0.1) is 0 Å². The van der Waals surface area contributed by atoms with Crippen molar-refractivity contribution in [3.8, 4) is 0 Å². The molecule has 200 valence electrons. The number of carbonyl (C=O) groups is 3. The molecule has 0 bridgehead atoms. The number of amides is 3. The zero-order valence-electron chi connectivity index (χ0n) is 21.5. The summed E-state index contributed by atoms with van der Waals surface area (Å²) in [5.41, 5.74) is 5.61. The molecule has 1 unspecified atom stereocenters. The molecule has 2 atom stereocenters. The molecular weight excluding hydrogens is 500 g/mol. The second-order valence-corrected chi connectivity index (χ2v) is 10.7. The van der Waals surface area contributed by atoms with Gasteiger partial charge in [-0.25, -0.2) is 0 Å². The Bertz CT molecular complexity index is 1320. The van der Waals surface area contributed by atoms with Gasteiger partial charge in [0, 0.05) is 43.1 Å². The Labute approximate surface area is 227 Å². The monoisotopic (exact) mass is 534 g/mol. The molecule has 38 heavy (non-hydrogen) atoms. The highest BCUT2D eigenvalue weighted by Crippen LogP contribution is 2.34. The van der Waals surface area contributed by atoms with Crippen molar-refractivity contribution in [1.29, 1.82) is 0 Å². The third-order valence-electron chi connectivity index (χ3n) is 6.76. The van der Waals surface area contributed by atoms with Crippen LogP contribution in [-0.2, 0) is 19.9 Å². The lowest BCUT2D eigenvalue weighted by atomic mass is 9.88. The largest absolute Gasteiger partial charge is 0.390 e. The number of para-hydroxylation sites is 1. The molecular formula is C29H34N4O4S. The molecule has 3 amide bonds. The topological polar surface area (TPSA) is 125 Å². The van der Waals surface area contributed by atoms with E-state index >= 15 is 0 Å². The Balaban J connectivity index is 1.49. The molecule has 0 fully saturated rings. The van der Waals surface area contributed by atoms with E-state index in [0.29, 0.717) is 24.9 Å². The van der Waals surface area contributed by atoms with Crippen LogP contribution in [0.3, 0.4) is 0 Å². The summed E-state index contributed by atoms with van der Waals surface area (Å²) in [5, 5.41) is 17.5. The van der Waals surface area contributed by atoms with E-state index in [1.54, 1.807) is 23.6 Å². The summed E-state index contributed by atoms with van der Waals surface area (Å²) in [7, 11) is 0. The fourth-order valence-corrected chi connectivity index (χ4v) is 5.53. The number of benzene rings is 3. The highest BCUT2D eigenvalue weighted by molar-refractivity contribution is 7.99. The van der Waals surface area contributed by atoms with Crippen LogP contribution in [0.1, 0.15) is 31.7 Å². The zero-order chi connectivity index (χ0) is 27.1. The average Bonchev–Trinajstić information content (AvgIpc) is 3.09. The maximum Gasteiger partial charge on any atom is 0.250 e. The fourth-order valence-electron chi connectivity index (χ4n) is 4.54. The van der Waals surface area contributed by atoms with Gasteiger partial charge in [0.25, 0.3) is 0 Å². The third-order valence-corrected chi connectivity index (χ3v) is 7.82. The molecule has 9 heteroatoms. The summed E-state index contributed by atoms with van der Waals surface area (Å²) >= 11 is 1.66. The van der Waals surface area contributed by atoms with Gasteiger partial charge in [0.2, 0.25) is 17.7 Å². The van der Waals surface area contributed by atoms with Crippen LogP contribution in [0.4, 0.5) is 5.69 Å². The van der Waals surface area contributed by atoms with E-state index in [9.17, 15) is 19.5 Å². The molecule has 1 aliphatic rings. The number of fused-ring (bicyclic) bond motifs is 2. The van der Waals surface area contributed by atoms with Crippen molar-refractivity contribution in [3.63, 3.8) is 0 Å². The third kappa shape index (κ3) is 6.35. The minimum absolute atomic E-state index is 0.0101. The predicted molar refractivity (Wildman–Crippen MR) is 151 cm³/mol. The number of hydrogen-bond donors (Lipinski definition) is 4. The average molecular weight is 535 g/mol. The van der Waals surface area contributed by atoms with Crippen LogP contribution in [0.25, 0.3) is 10.8 Å². The summed E-state index contributed by atoms with van der Waals surface area (Å²) in [5.74, 6) is 0.0225. The summed E-state index contributed by atoms with van der Waals surface area (Å²) in [4.78, 5) is 42.1. The first-order chi connectivity index (χ1) is 18.3. The van der Waals surface area contributed by atoms with Crippen molar-refractivity contribution in [2.75, 3.05) is 30.3 Å². The highest BCUT2D eigenvalue weighted by Gasteiger charge is 2.37. The lowest BCUT2D eigenvalue weighted by Gasteiger charge is -2.31. The van der Waals surface area contributed by atoms with Crippen LogP contribution < -0.4 is 21.3 Å². The van der Waals surface area contributed by atoms with Gasteiger partial charge in [0.15, 0.2) is 0 Å². The number of thioether (sulfide) groups is 1. The van der Waals surface area contributed by atoms with Crippen molar-refractivity contribution in [2.45, 2.75) is 42.7 Å². The minimum Gasteiger partial charge on any atom is -0.390 e. The van der Waals surface area contributed by atoms with Crippen molar-refractivity contribution in [2.24, 2.45) is 5.73 Å². The van der Waals surface area contributed by atoms with Gasteiger partial charge in [0.05, 0.1) is 11.8 Å². The molecule has 0 spiro atoms. The Kier molecular flexibility index (Phi) is 9.04. The molecule has 8 nitrogen and oxygen atoms in total. The Hall–Kier alpha value is -3.40. The number of nitrogens with one attached hydrogen (secondary N) is 2. The predicted octanol–water partition coefficient (Wildman–Crippen LogP) is 2.92. The summed E-state index contributed by atoms with van der Waals surface area (Å²) < 4.78 is 0. The van der Waals surface area contributed by atoms with Crippen LogP contribution in [-0.4, -0.2) is 54.3 Å². The Morgan fingerprint density at radius 1 is 1.11 bits per heavy atom. The number of carbonyl (C=O) groups excluding carboxylic acids is 3. The first kappa shape index (κ1) is 27.6. The molecule has 0 aromatic heterocycles. The van der Waals surface area contributed by atoms with Gasteiger partial charge in [-0.05, 0) is 47.9 Å². The number of nitrogens with zero attached hydrogens (tertiary/aromatic N) is 1. The van der Waals surface area contributed by atoms with E-state index in [-0.39, 0.29) is 31.3 Å². The van der Waals surface area contributed by atoms with Crippen molar-refractivity contribution >= 4 is 45.9 Å². The number of aliphatic hydroxyl groups is 1. The molecule has 0 saturated heterocycles. The lowest BCUT2D eigenvalue weighted by Crippen LogP contribution is -2.55. The van der Waals surface area contributed by atoms with Gasteiger partial charge < -0.3 is 26.4 Å². The van der Waals surface area contributed by atoms with E-state index in [1.807, 2.05) is 66.7 Å². The van der Waals surface area contributed by atoms with Crippen molar-refractivity contribution in [3.05, 3.63) is 72.3 Å². The lowest BCUT2D eigenvalue weighted by molar-refractivity contribution is -0.133. The van der Waals surface area contributed by atoms with Gasteiger partial charge in [0.1, 0.15) is 5.54 Å². The zero-order valence-corrected chi connectivity index (χ0v) is 22.3. The number of anilines is 1. The summed E-state index contributed by atoms with van der Waals surface area (Å²) in [6.07, 6.45) is 0.141. The second-order valence-electron chi connectivity index (χ2n) is 9.55. The molecule has 1 aliphatic heterocycles. The van der Waals surface area contributed by atoms with Crippen molar-refractivity contribution in [1.82, 2.24) is 10.6 Å². The maximum absolute atomic E-state index is 13.4. The van der Waals surface area contributed by atoms with Crippen LogP contribution >= 0.6 is 11.8 Å². The van der Waals surface area contributed by atoms with Gasteiger partial charge in [-0.15, -0.1) is 11.8 Å². The first-order valence-electron chi connectivity index (χ1n) is 12.8. The molecule has 3 aromatic rings. The van der Waals surface area contributed by atoms with E-state index in [0.717, 1.165) is 27.1 Å². The molecule has 0 saturated carbocycles. The van der Waals surface area contributed by atoms with E-state index in [2.05, 4.69) is 10.6 Å². The van der Waals surface area contributed by atoms with Gasteiger partial charge in [-0.2, -0.15) is 0 Å². The number of rotatable bonds is 10. The summed E-state index contributed by atoms with van der Waals surface area (Å²) in [6.45, 7) is 2.05. The van der Waals surface area contributed by atoms with Crippen molar-refractivity contribution < 1.29 is 19.5 Å². The second kappa shape index (κ2) is 12.4. The van der Waals surface area contributed by atoms with Gasteiger partial charge in [-0.3, -0.25) is 14.4 Å². The fraction of sp³-hybridized carbons (Fsp3) is 0.345. The SMILES string of the molecule is C[C@](NC(=O)CCCN1C(=O)CCSc2ccccc21)(C(=O)NCC(O)CN)c1ccc2ccccc2c1. The van der Waals surface area contributed by atoms with Gasteiger partial charge >= 0.3 is 0 Å². The Morgan fingerprint density at radius 3 is 2.63 bits per heavy atom. The van der Waals surface area contributed by atoms with Gasteiger partial charge in [-0.1, -0.05) is 48.5 Å². The smallest absolute Gasteiger partial charge is 0.250 e.